The molecule has 0 spiro atoms. The van der Waals surface area contributed by atoms with Crippen LogP contribution in [0.15, 0.2) is 36.4 Å². The average molecular weight is 515 g/mol. The molecular weight excluding hydrogens is 498 g/mol. The minimum atomic E-state index is -4.74. The van der Waals surface area contributed by atoms with Crippen LogP contribution in [0.25, 0.3) is 0 Å². The van der Waals surface area contributed by atoms with Crippen LogP contribution in [0.1, 0.15) is 52.6 Å². The molecule has 0 aromatic heterocycles. The molecule has 29 heavy (non-hydrogen) atoms. The Bertz CT molecular complexity index is 1010. The van der Waals surface area contributed by atoms with Gasteiger partial charge in [-0.15, -0.1) is 0 Å². The number of carbonyl (C=O) groups excluding carboxylic acids is 2. The first-order valence-electron chi connectivity index (χ1n) is 8.37. The van der Waals surface area contributed by atoms with E-state index >= 15 is 0 Å². The number of nitriles is 1. The van der Waals surface area contributed by atoms with Gasteiger partial charge in [-0.25, -0.2) is 0 Å². The van der Waals surface area contributed by atoms with Gasteiger partial charge in [0.2, 0.25) is 0 Å². The predicted molar refractivity (Wildman–Crippen MR) is 110 cm³/mol. The van der Waals surface area contributed by atoms with Gasteiger partial charge in [0.15, 0.2) is 0 Å². The molecule has 0 aliphatic heterocycles. The molecule has 9 heteroatoms. The molecule has 0 unspecified atom stereocenters. The number of amides is 2. The van der Waals surface area contributed by atoms with Crippen LogP contribution in [-0.4, -0.2) is 17.4 Å². The molecule has 0 aliphatic carbocycles. The van der Waals surface area contributed by atoms with Gasteiger partial charge < -0.3 is 10.6 Å². The van der Waals surface area contributed by atoms with E-state index in [1.165, 1.54) is 18.2 Å². The maximum atomic E-state index is 13.1. The molecule has 5 nitrogen and oxygen atoms in total. The lowest BCUT2D eigenvalue weighted by molar-refractivity contribution is -0.137. The van der Waals surface area contributed by atoms with Gasteiger partial charge in [-0.05, 0) is 73.7 Å². The summed E-state index contributed by atoms with van der Waals surface area (Å²) in [6.45, 7) is 5.36. The summed E-state index contributed by atoms with van der Waals surface area (Å²) in [7, 11) is 0. The predicted octanol–water partition coefficient (Wildman–Crippen LogP) is 4.96. The fourth-order valence-electron chi connectivity index (χ4n) is 2.50. The second-order valence-corrected chi connectivity index (χ2v) is 8.35. The molecule has 0 heterocycles. The largest absolute Gasteiger partial charge is 0.417 e. The summed E-state index contributed by atoms with van der Waals surface area (Å²) in [5.74, 6) is -1.20. The summed E-state index contributed by atoms with van der Waals surface area (Å²) in [5.41, 5.74) is -2.22. The van der Waals surface area contributed by atoms with E-state index in [4.69, 9.17) is 5.26 Å². The molecule has 0 atom stereocenters. The van der Waals surface area contributed by atoms with Crippen molar-refractivity contribution in [2.45, 2.75) is 32.5 Å². The zero-order valence-corrected chi connectivity index (χ0v) is 17.9. The first kappa shape index (κ1) is 22.7. The Kier molecular flexibility index (Phi) is 6.57. The van der Waals surface area contributed by atoms with Gasteiger partial charge in [0.1, 0.15) is 0 Å². The van der Waals surface area contributed by atoms with E-state index in [9.17, 15) is 22.8 Å². The highest BCUT2D eigenvalue weighted by atomic mass is 127. The SMILES string of the molecule is CC(C)(C)NC(=O)c1c(I)cccc1C(=O)Nc1ccc(C#N)c(C(F)(F)F)c1. The van der Waals surface area contributed by atoms with Crippen LogP contribution >= 0.6 is 22.6 Å². The molecular formula is C20H17F3IN3O2. The number of anilines is 1. The number of halogens is 4. The second kappa shape index (κ2) is 8.41. The van der Waals surface area contributed by atoms with Crippen molar-refractivity contribution in [2.75, 3.05) is 5.32 Å². The van der Waals surface area contributed by atoms with E-state index in [1.54, 1.807) is 32.9 Å². The maximum absolute atomic E-state index is 13.1. The molecule has 0 aliphatic rings. The van der Waals surface area contributed by atoms with E-state index < -0.39 is 34.7 Å². The topological polar surface area (TPSA) is 82.0 Å². The lowest BCUT2D eigenvalue weighted by atomic mass is 10.0. The molecule has 2 aromatic carbocycles. The number of hydrogen-bond acceptors (Lipinski definition) is 3. The lowest BCUT2D eigenvalue weighted by Gasteiger charge is -2.22. The summed E-state index contributed by atoms with van der Waals surface area (Å²) >= 11 is 1.92. The first-order chi connectivity index (χ1) is 13.3. The van der Waals surface area contributed by atoms with Crippen LogP contribution in [0.4, 0.5) is 18.9 Å². The first-order valence-corrected chi connectivity index (χ1v) is 9.45. The van der Waals surface area contributed by atoms with Crippen molar-refractivity contribution < 1.29 is 22.8 Å². The third-order valence-corrected chi connectivity index (χ3v) is 4.58. The average Bonchev–Trinajstić information content (AvgIpc) is 2.59. The van der Waals surface area contributed by atoms with Gasteiger partial charge in [0.25, 0.3) is 11.8 Å². The third kappa shape index (κ3) is 5.69. The highest BCUT2D eigenvalue weighted by molar-refractivity contribution is 14.1. The number of carbonyl (C=O) groups is 2. The van der Waals surface area contributed by atoms with Gasteiger partial charge in [-0.3, -0.25) is 9.59 Å². The fourth-order valence-corrected chi connectivity index (χ4v) is 3.24. The maximum Gasteiger partial charge on any atom is 0.417 e. The Labute approximate surface area is 179 Å². The monoisotopic (exact) mass is 515 g/mol. The third-order valence-electron chi connectivity index (χ3n) is 3.68. The number of nitrogens with one attached hydrogen (secondary N) is 2. The Hall–Kier alpha value is -2.61. The Balaban J connectivity index is 2.41. The summed E-state index contributed by atoms with van der Waals surface area (Å²) in [5, 5.41) is 14.0. The van der Waals surface area contributed by atoms with Crippen molar-refractivity contribution in [1.82, 2.24) is 5.32 Å². The fraction of sp³-hybridized carbons (Fsp3) is 0.250. The molecule has 2 amide bonds. The van der Waals surface area contributed by atoms with Gasteiger partial charge in [-0.2, -0.15) is 18.4 Å². The van der Waals surface area contributed by atoms with E-state index in [-0.39, 0.29) is 16.8 Å². The number of alkyl halides is 3. The molecule has 0 saturated heterocycles. The highest BCUT2D eigenvalue weighted by Gasteiger charge is 2.34. The number of nitrogens with zero attached hydrogens (tertiary/aromatic N) is 1. The van der Waals surface area contributed by atoms with Gasteiger partial charge in [-0.1, -0.05) is 6.07 Å². The van der Waals surface area contributed by atoms with E-state index in [1.807, 2.05) is 22.6 Å². The molecule has 0 fully saturated rings. The number of rotatable bonds is 3. The Morgan fingerprint density at radius 3 is 2.28 bits per heavy atom. The summed E-state index contributed by atoms with van der Waals surface area (Å²) in [4.78, 5) is 25.4. The van der Waals surface area contributed by atoms with Crippen molar-refractivity contribution >= 4 is 40.1 Å². The zero-order valence-electron chi connectivity index (χ0n) is 15.7. The van der Waals surface area contributed by atoms with Crippen molar-refractivity contribution in [2.24, 2.45) is 0 Å². The summed E-state index contributed by atoms with van der Waals surface area (Å²) in [6.07, 6.45) is -4.74. The van der Waals surface area contributed by atoms with Crippen molar-refractivity contribution in [3.05, 3.63) is 62.2 Å². The Morgan fingerprint density at radius 2 is 1.72 bits per heavy atom. The smallest absolute Gasteiger partial charge is 0.347 e. The molecule has 2 rings (SSSR count). The number of benzene rings is 2. The van der Waals surface area contributed by atoms with Gasteiger partial charge >= 0.3 is 6.18 Å². The molecule has 2 N–H and O–H groups in total. The van der Waals surface area contributed by atoms with Crippen LogP contribution in [0, 0.1) is 14.9 Å². The van der Waals surface area contributed by atoms with Gasteiger partial charge in [0, 0.05) is 14.8 Å². The minimum Gasteiger partial charge on any atom is -0.347 e. The van der Waals surface area contributed by atoms with Crippen LogP contribution in [0.2, 0.25) is 0 Å². The van der Waals surface area contributed by atoms with Crippen LogP contribution in [0.5, 0.6) is 0 Å². The molecule has 0 saturated carbocycles. The minimum absolute atomic E-state index is 0.0246. The highest BCUT2D eigenvalue weighted by Crippen LogP contribution is 2.33. The number of hydrogen-bond donors (Lipinski definition) is 2. The van der Waals surface area contributed by atoms with E-state index in [2.05, 4.69) is 10.6 Å². The van der Waals surface area contributed by atoms with Crippen LogP contribution in [0.3, 0.4) is 0 Å². The van der Waals surface area contributed by atoms with Gasteiger partial charge in [0.05, 0.1) is 28.3 Å². The standard InChI is InChI=1S/C20H17F3IN3O2/c1-19(2,3)27-18(29)16-13(5-4-6-15(16)24)17(28)26-12-8-7-11(10-25)14(9-12)20(21,22)23/h4-9H,1-3H3,(H,26,28)(H,27,29). The second-order valence-electron chi connectivity index (χ2n) is 7.19. The van der Waals surface area contributed by atoms with Crippen LogP contribution < -0.4 is 10.6 Å². The summed E-state index contributed by atoms with van der Waals surface area (Å²) in [6, 6.07) is 9.01. The van der Waals surface area contributed by atoms with Crippen molar-refractivity contribution in [3.8, 4) is 6.07 Å². The molecule has 0 radical (unpaired) electrons. The quantitative estimate of drug-likeness (QED) is 0.567. The normalized spacial score (nSPS) is 11.5. The van der Waals surface area contributed by atoms with Crippen molar-refractivity contribution in [1.29, 1.82) is 5.26 Å². The molecule has 152 valence electrons. The zero-order chi connectivity index (χ0) is 22.0. The van der Waals surface area contributed by atoms with E-state index in [0.717, 1.165) is 6.07 Å². The van der Waals surface area contributed by atoms with Crippen molar-refractivity contribution in [3.63, 3.8) is 0 Å². The Morgan fingerprint density at radius 1 is 1.07 bits per heavy atom. The van der Waals surface area contributed by atoms with Crippen LogP contribution in [-0.2, 0) is 6.18 Å². The van der Waals surface area contributed by atoms with E-state index in [0.29, 0.717) is 9.64 Å². The summed E-state index contributed by atoms with van der Waals surface area (Å²) < 4.78 is 39.9. The molecule has 0 bridgehead atoms. The molecule has 2 aromatic rings. The lowest BCUT2D eigenvalue weighted by Crippen LogP contribution is -2.41.